The van der Waals surface area contributed by atoms with Crippen molar-refractivity contribution >= 4 is 17.3 Å². The molecule has 4 rings (SSSR count). The van der Waals surface area contributed by atoms with Crippen LogP contribution in [-0.2, 0) is 11.3 Å². The number of carbonyl (C=O) groups excluding carboxylic acids is 1. The van der Waals surface area contributed by atoms with Gasteiger partial charge in [0.05, 0.1) is 0 Å². The van der Waals surface area contributed by atoms with Gasteiger partial charge in [-0.3, -0.25) is 4.90 Å². The van der Waals surface area contributed by atoms with E-state index in [9.17, 15) is 9.18 Å². The first-order chi connectivity index (χ1) is 15.2. The van der Waals surface area contributed by atoms with Crippen molar-refractivity contribution in [3.8, 4) is 11.6 Å². The van der Waals surface area contributed by atoms with Gasteiger partial charge in [-0.1, -0.05) is 0 Å². The number of nitrogens with two attached hydrogens (primary N) is 1. The molecule has 3 aromatic rings. The summed E-state index contributed by atoms with van der Waals surface area (Å²) >= 11 is 0. The van der Waals surface area contributed by atoms with Gasteiger partial charge < -0.3 is 20.5 Å². The summed E-state index contributed by atoms with van der Waals surface area (Å²) < 4.78 is 27.0. The molecule has 1 aromatic carbocycles. The summed E-state index contributed by atoms with van der Waals surface area (Å²) in [6, 6.07) is 6.19. The summed E-state index contributed by atoms with van der Waals surface area (Å²) in [5, 5.41) is 7.15. The molecule has 3 N–H and O–H groups in total. The standard InChI is InChI=1S/C22H27FN6O3/c1-22(2,3)32-21(30)27-16-7-8-28(12-16)11-14-6-9-29-19(14)20(25-13-26-29)31-18-5-4-15(24)10-17(18)23/h4-6,9-10,13,16H,7-8,11-12,24H2,1-3H3,(H,27,30)/t16-/m0/s1. The minimum atomic E-state index is -0.564. The number of halogens is 1. The fourth-order valence-electron chi connectivity index (χ4n) is 3.70. The summed E-state index contributed by atoms with van der Waals surface area (Å²) in [6.45, 7) is 7.62. The molecule has 170 valence electrons. The number of rotatable bonds is 5. The Hall–Kier alpha value is -3.40. The van der Waals surface area contributed by atoms with Gasteiger partial charge in [-0.15, -0.1) is 0 Å². The third kappa shape index (κ3) is 5.08. The Morgan fingerprint density at radius 1 is 1.34 bits per heavy atom. The number of benzene rings is 1. The quantitative estimate of drug-likeness (QED) is 0.584. The molecule has 0 saturated carbocycles. The van der Waals surface area contributed by atoms with Crippen LogP contribution in [-0.4, -0.2) is 50.3 Å². The summed E-state index contributed by atoms with van der Waals surface area (Å²) in [5.74, 6) is -0.272. The second kappa shape index (κ2) is 8.62. The van der Waals surface area contributed by atoms with Crippen molar-refractivity contribution < 1.29 is 18.7 Å². The number of aromatic nitrogens is 3. The molecule has 0 aliphatic carbocycles. The van der Waals surface area contributed by atoms with Gasteiger partial charge in [0.2, 0.25) is 5.88 Å². The number of hydrogen-bond acceptors (Lipinski definition) is 7. The van der Waals surface area contributed by atoms with Crippen molar-refractivity contribution in [2.75, 3.05) is 18.8 Å². The number of nitrogens with one attached hydrogen (secondary N) is 1. The van der Waals surface area contributed by atoms with Crippen molar-refractivity contribution in [3.05, 3.63) is 48.2 Å². The molecule has 3 heterocycles. The van der Waals surface area contributed by atoms with E-state index in [-0.39, 0.29) is 17.7 Å². The average Bonchev–Trinajstić information content (AvgIpc) is 3.30. The zero-order valence-corrected chi connectivity index (χ0v) is 18.3. The largest absolute Gasteiger partial charge is 0.444 e. The smallest absolute Gasteiger partial charge is 0.407 e. The summed E-state index contributed by atoms with van der Waals surface area (Å²) in [7, 11) is 0. The molecule has 9 nitrogen and oxygen atoms in total. The second-order valence-corrected chi connectivity index (χ2v) is 8.86. The molecule has 10 heteroatoms. The molecule has 1 aliphatic rings. The zero-order chi connectivity index (χ0) is 22.9. The molecule has 2 aromatic heterocycles. The van der Waals surface area contributed by atoms with Crippen LogP contribution in [0.15, 0.2) is 36.8 Å². The zero-order valence-electron chi connectivity index (χ0n) is 18.3. The van der Waals surface area contributed by atoms with E-state index in [4.69, 9.17) is 15.2 Å². The number of ether oxygens (including phenoxy) is 2. The van der Waals surface area contributed by atoms with Crippen molar-refractivity contribution in [1.29, 1.82) is 0 Å². The Kier molecular flexibility index (Phi) is 5.88. The highest BCUT2D eigenvalue weighted by molar-refractivity contribution is 5.68. The van der Waals surface area contributed by atoms with Crippen LogP contribution in [0, 0.1) is 5.82 Å². The molecule has 1 amide bonds. The summed E-state index contributed by atoms with van der Waals surface area (Å²) in [4.78, 5) is 18.5. The highest BCUT2D eigenvalue weighted by Gasteiger charge is 2.27. The summed E-state index contributed by atoms with van der Waals surface area (Å²) in [5.41, 5.74) is 7.00. The Balaban J connectivity index is 1.47. The second-order valence-electron chi connectivity index (χ2n) is 8.86. The minimum Gasteiger partial charge on any atom is -0.444 e. The van der Waals surface area contributed by atoms with Crippen LogP contribution in [0.1, 0.15) is 32.8 Å². The van der Waals surface area contributed by atoms with E-state index < -0.39 is 17.5 Å². The first kappa shape index (κ1) is 21.8. The van der Waals surface area contributed by atoms with E-state index in [0.29, 0.717) is 24.3 Å². The average molecular weight is 442 g/mol. The highest BCUT2D eigenvalue weighted by Crippen LogP contribution is 2.30. The Morgan fingerprint density at radius 3 is 2.91 bits per heavy atom. The van der Waals surface area contributed by atoms with E-state index in [1.807, 2.05) is 33.0 Å². The molecular weight excluding hydrogens is 415 g/mol. The van der Waals surface area contributed by atoms with Gasteiger partial charge in [0.25, 0.3) is 0 Å². The number of anilines is 1. The molecule has 1 saturated heterocycles. The van der Waals surface area contributed by atoms with Crippen molar-refractivity contribution in [1.82, 2.24) is 24.8 Å². The van der Waals surface area contributed by atoms with Crippen LogP contribution >= 0.6 is 0 Å². The van der Waals surface area contributed by atoms with E-state index in [2.05, 4.69) is 20.3 Å². The van der Waals surface area contributed by atoms with Crippen LogP contribution in [0.3, 0.4) is 0 Å². The van der Waals surface area contributed by atoms with Gasteiger partial charge in [0, 0.05) is 43.6 Å². The Labute approximate surface area is 185 Å². The number of likely N-dealkylation sites (tertiary alicyclic amines) is 1. The number of fused-ring (bicyclic) bond motifs is 1. The number of amides is 1. The lowest BCUT2D eigenvalue weighted by atomic mass is 10.2. The lowest BCUT2D eigenvalue weighted by molar-refractivity contribution is 0.0505. The predicted molar refractivity (Wildman–Crippen MR) is 117 cm³/mol. The third-order valence-corrected chi connectivity index (χ3v) is 5.05. The minimum absolute atomic E-state index is 0.00886. The van der Waals surface area contributed by atoms with Crippen LogP contribution in [0.25, 0.3) is 5.52 Å². The van der Waals surface area contributed by atoms with Crippen LogP contribution < -0.4 is 15.8 Å². The number of nitrogens with zero attached hydrogens (tertiary/aromatic N) is 4. The number of nitrogen functional groups attached to an aromatic ring is 1. The van der Waals surface area contributed by atoms with E-state index >= 15 is 0 Å². The lowest BCUT2D eigenvalue weighted by Crippen LogP contribution is -2.40. The van der Waals surface area contributed by atoms with Gasteiger partial charge in [0.1, 0.15) is 17.4 Å². The van der Waals surface area contributed by atoms with Crippen molar-refractivity contribution in [3.63, 3.8) is 0 Å². The van der Waals surface area contributed by atoms with E-state index in [1.54, 1.807) is 10.6 Å². The molecule has 0 spiro atoms. The predicted octanol–water partition coefficient (Wildman–Crippen LogP) is 3.34. The SMILES string of the molecule is CC(C)(C)OC(=O)N[C@H]1CCN(Cc2ccn3ncnc(Oc4ccc(N)cc4F)c23)C1. The maximum atomic E-state index is 14.2. The topological polar surface area (TPSA) is 107 Å². The van der Waals surface area contributed by atoms with Crippen molar-refractivity contribution in [2.24, 2.45) is 0 Å². The maximum absolute atomic E-state index is 14.2. The summed E-state index contributed by atoms with van der Waals surface area (Å²) in [6.07, 6.45) is 3.58. The van der Waals surface area contributed by atoms with Crippen LogP contribution in [0.2, 0.25) is 0 Å². The molecule has 0 unspecified atom stereocenters. The van der Waals surface area contributed by atoms with Crippen molar-refractivity contribution in [2.45, 2.75) is 45.4 Å². The Bertz CT molecular complexity index is 1130. The molecule has 0 radical (unpaired) electrons. The van der Waals surface area contributed by atoms with Gasteiger partial charge in [-0.25, -0.2) is 13.7 Å². The van der Waals surface area contributed by atoms with Gasteiger partial charge >= 0.3 is 6.09 Å². The molecular formula is C22H27FN6O3. The molecule has 0 bridgehead atoms. The molecule has 32 heavy (non-hydrogen) atoms. The normalized spacial score (nSPS) is 16.9. The van der Waals surface area contributed by atoms with Gasteiger partial charge in [0.15, 0.2) is 11.6 Å². The Morgan fingerprint density at radius 2 is 2.16 bits per heavy atom. The van der Waals surface area contributed by atoms with Gasteiger partial charge in [-0.05, 0) is 51.0 Å². The number of alkyl carbamates (subject to hydrolysis) is 1. The lowest BCUT2D eigenvalue weighted by Gasteiger charge is -2.22. The highest BCUT2D eigenvalue weighted by atomic mass is 19.1. The van der Waals surface area contributed by atoms with Gasteiger partial charge in [-0.2, -0.15) is 10.1 Å². The molecule has 1 aliphatic heterocycles. The molecule has 1 fully saturated rings. The number of carbonyl (C=O) groups is 1. The fourth-order valence-corrected chi connectivity index (χ4v) is 3.70. The third-order valence-electron chi connectivity index (χ3n) is 5.05. The van der Waals surface area contributed by atoms with E-state index in [0.717, 1.165) is 18.5 Å². The van der Waals surface area contributed by atoms with Crippen LogP contribution in [0.5, 0.6) is 11.6 Å². The van der Waals surface area contributed by atoms with E-state index in [1.165, 1.54) is 18.5 Å². The molecule has 1 atom stereocenters. The maximum Gasteiger partial charge on any atom is 0.407 e. The first-order valence-electron chi connectivity index (χ1n) is 10.4. The number of hydrogen-bond donors (Lipinski definition) is 2. The van der Waals surface area contributed by atoms with Crippen LogP contribution in [0.4, 0.5) is 14.9 Å². The first-order valence-corrected chi connectivity index (χ1v) is 10.4. The monoisotopic (exact) mass is 442 g/mol. The fraction of sp³-hybridized carbons (Fsp3) is 0.409.